The van der Waals surface area contributed by atoms with Crippen LogP contribution in [0.4, 0.5) is 0 Å². The van der Waals surface area contributed by atoms with Gasteiger partial charge in [0.1, 0.15) is 0 Å². The first kappa shape index (κ1) is 30.3. The first-order valence-corrected chi connectivity index (χ1v) is 14.7. The van der Waals surface area contributed by atoms with Gasteiger partial charge in [0, 0.05) is 32.0 Å². The van der Waals surface area contributed by atoms with Gasteiger partial charge in [0.15, 0.2) is 12.6 Å². The van der Waals surface area contributed by atoms with Crippen molar-refractivity contribution in [2.75, 3.05) is 20.3 Å². The summed E-state index contributed by atoms with van der Waals surface area (Å²) in [5.41, 5.74) is 0. The molecule has 1 N–H and O–H groups in total. The van der Waals surface area contributed by atoms with Crippen LogP contribution in [-0.2, 0) is 28.5 Å². The molecule has 1 saturated carbocycles. The minimum atomic E-state index is -0.449. The number of aliphatic hydroxyl groups is 1. The van der Waals surface area contributed by atoms with Crippen molar-refractivity contribution >= 4 is 5.97 Å². The van der Waals surface area contributed by atoms with Crippen LogP contribution in [0.25, 0.3) is 0 Å². The Kier molecular flexibility index (Phi) is 14.2. The Bertz CT molecular complexity index is 681. The Morgan fingerprint density at radius 1 is 1.05 bits per heavy atom. The third kappa shape index (κ3) is 10.8. The highest BCUT2D eigenvalue weighted by molar-refractivity contribution is 5.69. The molecule has 2 unspecified atom stereocenters. The van der Waals surface area contributed by atoms with Crippen LogP contribution in [0, 0.1) is 11.8 Å². The normalized spacial score (nSPS) is 31.8. The van der Waals surface area contributed by atoms with Gasteiger partial charge < -0.3 is 28.8 Å². The highest BCUT2D eigenvalue weighted by atomic mass is 16.7. The Hall–Kier alpha value is -1.25. The Labute approximate surface area is 223 Å². The minimum Gasteiger partial charge on any atom is -0.469 e. The highest BCUT2D eigenvalue weighted by Gasteiger charge is 2.42. The Balaban J connectivity index is 1.67. The molecule has 0 aromatic heterocycles. The average Bonchev–Trinajstić information content (AvgIpc) is 3.21. The van der Waals surface area contributed by atoms with Crippen molar-refractivity contribution in [1.29, 1.82) is 0 Å². The van der Waals surface area contributed by atoms with Crippen molar-refractivity contribution < 1.29 is 33.6 Å². The van der Waals surface area contributed by atoms with Gasteiger partial charge in [-0.3, -0.25) is 4.79 Å². The third-order valence-corrected chi connectivity index (χ3v) is 7.78. The molecule has 0 radical (unpaired) electrons. The fourth-order valence-corrected chi connectivity index (χ4v) is 5.59. The number of hydrogen-bond acceptors (Lipinski definition) is 7. The lowest BCUT2D eigenvalue weighted by molar-refractivity contribution is -0.193. The first-order valence-electron chi connectivity index (χ1n) is 14.7. The second-order valence-corrected chi connectivity index (χ2v) is 10.7. The van der Waals surface area contributed by atoms with Gasteiger partial charge in [0.05, 0.1) is 25.4 Å². The summed E-state index contributed by atoms with van der Waals surface area (Å²) < 4.78 is 29.3. The molecule has 0 aromatic rings. The van der Waals surface area contributed by atoms with Crippen LogP contribution in [0.3, 0.4) is 0 Å². The van der Waals surface area contributed by atoms with Gasteiger partial charge in [-0.2, -0.15) is 0 Å². The number of carbonyl (C=O) groups is 1. The maximum absolute atomic E-state index is 11.4. The zero-order chi connectivity index (χ0) is 26.3. The van der Waals surface area contributed by atoms with E-state index in [0.29, 0.717) is 19.3 Å². The summed E-state index contributed by atoms with van der Waals surface area (Å²) in [7, 11) is 1.41. The highest BCUT2D eigenvalue weighted by Crippen LogP contribution is 2.39. The molecule has 0 bridgehead atoms. The largest absolute Gasteiger partial charge is 0.469 e. The van der Waals surface area contributed by atoms with Gasteiger partial charge in [-0.05, 0) is 63.7 Å². The van der Waals surface area contributed by atoms with Crippen LogP contribution in [0.2, 0.25) is 0 Å². The Morgan fingerprint density at radius 3 is 2.49 bits per heavy atom. The molecule has 3 fully saturated rings. The van der Waals surface area contributed by atoms with Gasteiger partial charge in [-0.1, -0.05) is 50.5 Å². The molecule has 212 valence electrons. The molecule has 3 aliphatic rings. The second kappa shape index (κ2) is 17.4. The monoisotopic (exact) mass is 522 g/mol. The van der Waals surface area contributed by atoms with E-state index in [1.54, 1.807) is 0 Å². The van der Waals surface area contributed by atoms with Crippen LogP contribution in [0.5, 0.6) is 0 Å². The molecular formula is C30H50O7. The number of ether oxygens (including phenoxy) is 5. The van der Waals surface area contributed by atoms with E-state index in [1.165, 1.54) is 20.0 Å². The van der Waals surface area contributed by atoms with E-state index in [2.05, 4.69) is 25.2 Å². The van der Waals surface area contributed by atoms with Gasteiger partial charge in [0.25, 0.3) is 0 Å². The lowest BCUT2D eigenvalue weighted by Crippen LogP contribution is -2.31. The van der Waals surface area contributed by atoms with Crippen LogP contribution in [0.15, 0.2) is 24.3 Å². The maximum Gasteiger partial charge on any atom is 0.305 e. The Morgan fingerprint density at radius 2 is 1.81 bits per heavy atom. The third-order valence-electron chi connectivity index (χ3n) is 7.78. The molecule has 0 aromatic carbocycles. The van der Waals surface area contributed by atoms with E-state index in [0.717, 1.165) is 71.0 Å². The van der Waals surface area contributed by atoms with Crippen LogP contribution in [-0.4, -0.2) is 62.3 Å². The average molecular weight is 523 g/mol. The van der Waals surface area contributed by atoms with Gasteiger partial charge in [0.2, 0.25) is 0 Å². The number of allylic oxidation sites excluding steroid dienone is 2. The lowest BCUT2D eigenvalue weighted by Gasteiger charge is -2.30. The molecule has 0 amide bonds. The van der Waals surface area contributed by atoms with Crippen molar-refractivity contribution in [1.82, 2.24) is 0 Å². The number of esters is 1. The van der Waals surface area contributed by atoms with Crippen molar-refractivity contribution in [2.24, 2.45) is 11.8 Å². The quantitative estimate of drug-likeness (QED) is 0.164. The van der Waals surface area contributed by atoms with Crippen molar-refractivity contribution in [2.45, 2.75) is 128 Å². The van der Waals surface area contributed by atoms with Crippen molar-refractivity contribution in [3.05, 3.63) is 24.3 Å². The van der Waals surface area contributed by atoms with E-state index in [1.807, 2.05) is 6.08 Å². The van der Waals surface area contributed by atoms with Gasteiger partial charge in [-0.25, -0.2) is 0 Å². The lowest BCUT2D eigenvalue weighted by atomic mass is 9.89. The summed E-state index contributed by atoms with van der Waals surface area (Å²) in [6.45, 7) is 3.72. The summed E-state index contributed by atoms with van der Waals surface area (Å²) in [4.78, 5) is 11.4. The van der Waals surface area contributed by atoms with Gasteiger partial charge in [-0.15, -0.1) is 0 Å². The molecule has 1 aliphatic carbocycles. The standard InChI is InChI=1S/C30H50O7/c1-3-4-6-13-23(36-29-16-9-11-20-34-29)18-19-25-24(14-7-5-8-15-28(32)33-2)26(31)22-27(25)37-30-17-10-12-21-35-30/h5,7,18-19,23-27,29-31H,3-4,6,8-17,20-22H2,1-2H3/t23?,24-,25-,26+,27-,29+,30?/m1/s1. The molecule has 7 atom stereocenters. The maximum atomic E-state index is 11.4. The first-order chi connectivity index (χ1) is 18.1. The van der Waals surface area contributed by atoms with Crippen LogP contribution >= 0.6 is 0 Å². The fourth-order valence-electron chi connectivity index (χ4n) is 5.59. The van der Waals surface area contributed by atoms with Crippen LogP contribution in [0.1, 0.15) is 96.8 Å². The summed E-state index contributed by atoms with van der Waals surface area (Å²) in [6, 6.07) is 0. The molecule has 2 aliphatic heterocycles. The van der Waals surface area contributed by atoms with Gasteiger partial charge >= 0.3 is 5.97 Å². The van der Waals surface area contributed by atoms with Crippen molar-refractivity contribution in [3.63, 3.8) is 0 Å². The molecule has 7 heteroatoms. The second-order valence-electron chi connectivity index (χ2n) is 10.7. The molecular weight excluding hydrogens is 472 g/mol. The number of methoxy groups -OCH3 is 1. The predicted octanol–water partition coefficient (Wildman–Crippen LogP) is 5.84. The number of carbonyl (C=O) groups excluding carboxylic acids is 1. The number of rotatable bonds is 15. The summed E-state index contributed by atoms with van der Waals surface area (Å²) >= 11 is 0. The summed E-state index contributed by atoms with van der Waals surface area (Å²) in [5.74, 6) is -0.0971. The van der Waals surface area contributed by atoms with E-state index in [-0.39, 0.29) is 42.6 Å². The molecule has 2 heterocycles. The van der Waals surface area contributed by atoms with E-state index in [4.69, 9.17) is 23.7 Å². The molecule has 0 spiro atoms. The molecule has 37 heavy (non-hydrogen) atoms. The smallest absolute Gasteiger partial charge is 0.305 e. The van der Waals surface area contributed by atoms with Crippen molar-refractivity contribution in [3.8, 4) is 0 Å². The topological polar surface area (TPSA) is 83.5 Å². The van der Waals surface area contributed by atoms with E-state index >= 15 is 0 Å². The van der Waals surface area contributed by atoms with E-state index < -0.39 is 6.10 Å². The minimum absolute atomic E-state index is 0.00442. The number of hydrogen-bond donors (Lipinski definition) is 1. The molecule has 7 nitrogen and oxygen atoms in total. The summed E-state index contributed by atoms with van der Waals surface area (Å²) in [5, 5.41) is 11.0. The predicted molar refractivity (Wildman–Crippen MR) is 143 cm³/mol. The number of aliphatic hydroxyl groups excluding tert-OH is 1. The molecule has 2 saturated heterocycles. The summed E-state index contributed by atoms with van der Waals surface area (Å²) in [6.07, 6.45) is 20.7. The zero-order valence-corrected chi connectivity index (χ0v) is 23.1. The number of unbranched alkanes of at least 4 members (excludes halogenated alkanes) is 2. The van der Waals surface area contributed by atoms with Crippen LogP contribution < -0.4 is 0 Å². The van der Waals surface area contributed by atoms with E-state index in [9.17, 15) is 9.90 Å². The SMILES string of the molecule is CCCCCC(C=C[C@@H]1[C@@H](CC=CCCC(=O)OC)[C@@H](O)C[C@H]1OC1CCCCO1)O[C@H]1CCCCO1. The zero-order valence-electron chi connectivity index (χ0n) is 23.1. The fraction of sp³-hybridized carbons (Fsp3) is 0.833. The molecule has 3 rings (SSSR count).